The van der Waals surface area contributed by atoms with Crippen LogP contribution in [-0.4, -0.2) is 22.6 Å². The average Bonchev–Trinajstić information content (AvgIpc) is 2.28. The molecule has 3 N–H and O–H groups in total. The molecule has 0 saturated heterocycles. The molecule has 4 heteroatoms. The lowest BCUT2D eigenvalue weighted by Gasteiger charge is -2.22. The molecule has 1 aromatic rings. The quantitative estimate of drug-likeness (QED) is 0.796. The first kappa shape index (κ1) is 13.9. The first-order chi connectivity index (χ1) is 8.04. The highest BCUT2D eigenvalue weighted by Crippen LogP contribution is 2.17. The minimum atomic E-state index is 0.370. The van der Waals surface area contributed by atoms with Gasteiger partial charge in [-0.3, -0.25) is 0 Å². The average molecular weight is 236 g/mol. The zero-order chi connectivity index (χ0) is 12.8. The maximum atomic E-state index is 5.63. The number of anilines is 1. The van der Waals surface area contributed by atoms with Crippen molar-refractivity contribution in [2.75, 3.05) is 11.9 Å². The Balaban J connectivity index is 2.75. The van der Waals surface area contributed by atoms with Crippen LogP contribution in [0.5, 0.6) is 0 Å². The predicted octanol–water partition coefficient (Wildman–Crippen LogP) is 2.39. The van der Waals surface area contributed by atoms with Crippen LogP contribution in [0.1, 0.15) is 45.7 Å². The summed E-state index contributed by atoms with van der Waals surface area (Å²) in [6.07, 6.45) is 2.58. The first-order valence-corrected chi connectivity index (χ1v) is 6.33. The molecule has 0 aromatic carbocycles. The SMILES string of the molecule is CC(C)c1cc(NC(CCN)C(C)C)ncn1. The Hall–Kier alpha value is -1.16. The molecule has 1 rings (SSSR count). The van der Waals surface area contributed by atoms with Gasteiger partial charge in [0, 0.05) is 17.8 Å². The molecule has 4 nitrogen and oxygen atoms in total. The van der Waals surface area contributed by atoms with Gasteiger partial charge >= 0.3 is 0 Å². The van der Waals surface area contributed by atoms with Crippen LogP contribution in [0, 0.1) is 5.92 Å². The molecule has 1 unspecified atom stereocenters. The van der Waals surface area contributed by atoms with Crippen molar-refractivity contribution in [3.63, 3.8) is 0 Å². The number of nitrogens with one attached hydrogen (secondary N) is 1. The molecule has 1 atom stereocenters. The fraction of sp³-hybridized carbons (Fsp3) is 0.692. The number of nitrogens with zero attached hydrogens (tertiary/aromatic N) is 2. The van der Waals surface area contributed by atoms with Gasteiger partial charge in [0.15, 0.2) is 0 Å². The van der Waals surface area contributed by atoms with Crippen LogP contribution in [-0.2, 0) is 0 Å². The molecule has 0 aliphatic carbocycles. The number of nitrogens with two attached hydrogens (primary N) is 1. The van der Waals surface area contributed by atoms with Gasteiger partial charge in [0.25, 0.3) is 0 Å². The molecule has 0 aliphatic heterocycles. The van der Waals surface area contributed by atoms with E-state index in [2.05, 4.69) is 43.0 Å². The van der Waals surface area contributed by atoms with Crippen LogP contribution >= 0.6 is 0 Å². The Morgan fingerprint density at radius 1 is 1.24 bits per heavy atom. The minimum absolute atomic E-state index is 0.370. The summed E-state index contributed by atoms with van der Waals surface area (Å²) in [7, 11) is 0. The molecule has 0 saturated carbocycles. The van der Waals surface area contributed by atoms with Crippen LogP contribution < -0.4 is 11.1 Å². The molecule has 0 aliphatic rings. The summed E-state index contributed by atoms with van der Waals surface area (Å²) in [5, 5.41) is 3.44. The topological polar surface area (TPSA) is 63.8 Å². The third-order valence-electron chi connectivity index (χ3n) is 2.90. The van der Waals surface area contributed by atoms with E-state index in [0.717, 1.165) is 17.9 Å². The van der Waals surface area contributed by atoms with Crippen molar-refractivity contribution >= 4 is 5.82 Å². The number of hydrogen-bond acceptors (Lipinski definition) is 4. The summed E-state index contributed by atoms with van der Waals surface area (Å²) in [6.45, 7) is 9.34. The Morgan fingerprint density at radius 3 is 2.47 bits per heavy atom. The fourth-order valence-electron chi connectivity index (χ4n) is 1.71. The minimum Gasteiger partial charge on any atom is -0.367 e. The van der Waals surface area contributed by atoms with E-state index in [4.69, 9.17) is 5.73 Å². The van der Waals surface area contributed by atoms with E-state index >= 15 is 0 Å². The molecule has 0 spiro atoms. The lowest BCUT2D eigenvalue weighted by molar-refractivity contribution is 0.497. The summed E-state index contributed by atoms with van der Waals surface area (Å²) in [6, 6.07) is 2.39. The Labute approximate surface area is 104 Å². The fourth-order valence-corrected chi connectivity index (χ4v) is 1.71. The molecule has 1 heterocycles. The van der Waals surface area contributed by atoms with E-state index in [1.165, 1.54) is 0 Å². The van der Waals surface area contributed by atoms with Crippen LogP contribution in [0.15, 0.2) is 12.4 Å². The second-order valence-electron chi connectivity index (χ2n) is 5.06. The van der Waals surface area contributed by atoms with E-state index in [0.29, 0.717) is 24.4 Å². The van der Waals surface area contributed by atoms with Crippen LogP contribution in [0.2, 0.25) is 0 Å². The van der Waals surface area contributed by atoms with Gasteiger partial charge in [-0.1, -0.05) is 27.7 Å². The van der Waals surface area contributed by atoms with E-state index < -0.39 is 0 Å². The lowest BCUT2D eigenvalue weighted by Crippen LogP contribution is -2.29. The predicted molar refractivity (Wildman–Crippen MR) is 72.0 cm³/mol. The van der Waals surface area contributed by atoms with Gasteiger partial charge in [0.1, 0.15) is 12.1 Å². The molecular weight excluding hydrogens is 212 g/mol. The van der Waals surface area contributed by atoms with E-state index in [1.54, 1.807) is 6.33 Å². The summed E-state index contributed by atoms with van der Waals surface area (Å²) >= 11 is 0. The molecule has 0 amide bonds. The second kappa shape index (κ2) is 6.55. The van der Waals surface area contributed by atoms with Crippen molar-refractivity contribution in [2.45, 2.75) is 46.1 Å². The normalized spacial score (nSPS) is 13.1. The second-order valence-corrected chi connectivity index (χ2v) is 5.06. The van der Waals surface area contributed by atoms with Crippen LogP contribution in [0.4, 0.5) is 5.82 Å². The van der Waals surface area contributed by atoms with E-state index in [9.17, 15) is 0 Å². The van der Waals surface area contributed by atoms with Gasteiger partial charge in [-0.05, 0) is 24.8 Å². The summed E-state index contributed by atoms with van der Waals surface area (Å²) in [5.41, 5.74) is 6.69. The molecule has 0 bridgehead atoms. The summed E-state index contributed by atoms with van der Waals surface area (Å²) in [5.74, 6) is 1.86. The number of aromatic nitrogens is 2. The molecule has 96 valence electrons. The zero-order valence-electron chi connectivity index (χ0n) is 11.3. The van der Waals surface area contributed by atoms with Crippen LogP contribution in [0.3, 0.4) is 0 Å². The zero-order valence-corrected chi connectivity index (χ0v) is 11.3. The summed E-state index contributed by atoms with van der Waals surface area (Å²) in [4.78, 5) is 8.52. The van der Waals surface area contributed by atoms with Crippen molar-refractivity contribution in [2.24, 2.45) is 11.7 Å². The van der Waals surface area contributed by atoms with Gasteiger partial charge in [-0.15, -0.1) is 0 Å². The Bertz CT molecular complexity index is 336. The highest BCUT2D eigenvalue weighted by atomic mass is 15.0. The number of rotatable bonds is 6. The highest BCUT2D eigenvalue weighted by Gasteiger charge is 2.13. The monoisotopic (exact) mass is 236 g/mol. The molecular formula is C13H24N4. The van der Waals surface area contributed by atoms with Crippen LogP contribution in [0.25, 0.3) is 0 Å². The first-order valence-electron chi connectivity index (χ1n) is 6.33. The Morgan fingerprint density at radius 2 is 1.94 bits per heavy atom. The highest BCUT2D eigenvalue weighted by molar-refractivity contribution is 5.36. The van der Waals surface area contributed by atoms with Gasteiger partial charge in [-0.25, -0.2) is 9.97 Å². The van der Waals surface area contributed by atoms with Gasteiger partial charge in [0.05, 0.1) is 0 Å². The molecule has 0 radical (unpaired) electrons. The number of hydrogen-bond donors (Lipinski definition) is 2. The van der Waals surface area contributed by atoms with Gasteiger partial charge in [-0.2, -0.15) is 0 Å². The maximum absolute atomic E-state index is 5.63. The molecule has 1 aromatic heterocycles. The van der Waals surface area contributed by atoms with E-state index in [-0.39, 0.29) is 0 Å². The Kier molecular flexibility index (Phi) is 5.35. The third-order valence-corrected chi connectivity index (χ3v) is 2.90. The summed E-state index contributed by atoms with van der Waals surface area (Å²) < 4.78 is 0. The van der Waals surface area contributed by atoms with Crippen molar-refractivity contribution in [1.82, 2.24) is 9.97 Å². The van der Waals surface area contributed by atoms with Gasteiger partial charge in [0.2, 0.25) is 0 Å². The van der Waals surface area contributed by atoms with Crippen molar-refractivity contribution < 1.29 is 0 Å². The largest absolute Gasteiger partial charge is 0.367 e. The third kappa shape index (κ3) is 4.30. The lowest BCUT2D eigenvalue weighted by atomic mass is 10.0. The smallest absolute Gasteiger partial charge is 0.129 e. The van der Waals surface area contributed by atoms with Crippen molar-refractivity contribution in [1.29, 1.82) is 0 Å². The van der Waals surface area contributed by atoms with E-state index in [1.807, 2.05) is 6.07 Å². The van der Waals surface area contributed by atoms with Crippen molar-refractivity contribution in [3.05, 3.63) is 18.1 Å². The van der Waals surface area contributed by atoms with Crippen molar-refractivity contribution in [3.8, 4) is 0 Å². The molecule has 0 fully saturated rings. The van der Waals surface area contributed by atoms with Gasteiger partial charge < -0.3 is 11.1 Å². The standard InChI is InChI=1S/C13H24N4/c1-9(2)11(5-6-14)17-13-7-12(10(3)4)15-8-16-13/h7-11H,5-6,14H2,1-4H3,(H,15,16,17). The molecule has 17 heavy (non-hydrogen) atoms. The maximum Gasteiger partial charge on any atom is 0.129 e.